The van der Waals surface area contributed by atoms with Crippen LogP contribution in [0, 0.1) is 0 Å². The highest BCUT2D eigenvalue weighted by Gasteiger charge is 2.06. The Hall–Kier alpha value is -0.790. The average Bonchev–Trinajstić information content (AvgIpc) is 1.90. The highest BCUT2D eigenvalue weighted by molar-refractivity contribution is 5.92. The summed E-state index contributed by atoms with van der Waals surface area (Å²) in [5.41, 5.74) is 0.880. The molecule has 0 aliphatic rings. The molecule has 0 atom stereocenters. The lowest BCUT2D eigenvalue weighted by atomic mass is 10.2. The van der Waals surface area contributed by atoms with E-state index in [1.54, 1.807) is 19.0 Å². The van der Waals surface area contributed by atoms with Gasteiger partial charge in [-0.2, -0.15) is 0 Å². The van der Waals surface area contributed by atoms with E-state index in [0.717, 1.165) is 12.0 Å². The van der Waals surface area contributed by atoms with Crippen LogP contribution in [0.1, 0.15) is 20.3 Å². The molecule has 0 unspecified atom stereocenters. The third kappa shape index (κ3) is 2.21. The van der Waals surface area contributed by atoms with Crippen molar-refractivity contribution in [3.8, 4) is 0 Å². The van der Waals surface area contributed by atoms with Crippen LogP contribution in [0.4, 0.5) is 0 Å². The maximum absolute atomic E-state index is 11.2. The van der Waals surface area contributed by atoms with Crippen molar-refractivity contribution in [1.29, 1.82) is 0 Å². The van der Waals surface area contributed by atoms with E-state index in [-0.39, 0.29) is 5.91 Å². The predicted molar refractivity (Wildman–Crippen MR) is 42.7 cm³/mol. The maximum atomic E-state index is 11.2. The quantitative estimate of drug-likeness (QED) is 0.533. The lowest BCUT2D eigenvalue weighted by molar-refractivity contribution is -0.124. The smallest absolute Gasteiger partial charge is 0.248 e. The van der Waals surface area contributed by atoms with Crippen LogP contribution in [0.5, 0.6) is 0 Å². The molecule has 0 spiro atoms. The number of amides is 1. The topological polar surface area (TPSA) is 20.3 Å². The lowest BCUT2D eigenvalue weighted by Gasteiger charge is -2.11. The van der Waals surface area contributed by atoms with Gasteiger partial charge in [-0.05, 0) is 13.3 Å². The Morgan fingerprint density at radius 1 is 1.50 bits per heavy atom. The van der Waals surface area contributed by atoms with Gasteiger partial charge in [0, 0.05) is 19.7 Å². The van der Waals surface area contributed by atoms with E-state index < -0.39 is 0 Å². The summed E-state index contributed by atoms with van der Waals surface area (Å²) in [6, 6.07) is 0. The molecule has 0 bridgehead atoms. The number of allylic oxidation sites excluding steroid dienone is 1. The van der Waals surface area contributed by atoms with Crippen molar-refractivity contribution in [2.75, 3.05) is 14.1 Å². The fourth-order valence-corrected chi connectivity index (χ4v) is 0.766. The number of likely N-dealkylation sites (N-methyl/N-ethyl adjacent to an activating group) is 1. The number of rotatable bonds is 2. The third-order valence-electron chi connectivity index (χ3n) is 1.41. The fourth-order valence-electron chi connectivity index (χ4n) is 0.766. The molecule has 0 saturated heterocycles. The number of nitrogens with zero attached hydrogens (tertiary/aromatic N) is 1. The summed E-state index contributed by atoms with van der Waals surface area (Å²) in [6.45, 7) is 3.87. The first kappa shape index (κ1) is 9.21. The summed E-state index contributed by atoms with van der Waals surface area (Å²) in [7, 11) is 3.53. The maximum Gasteiger partial charge on any atom is 0.248 e. The minimum absolute atomic E-state index is 0.116. The fraction of sp³-hybridized carbons (Fsp3) is 0.625. The summed E-state index contributed by atoms with van der Waals surface area (Å²) in [6.07, 6.45) is 2.68. The first-order valence-electron chi connectivity index (χ1n) is 3.50. The van der Waals surface area contributed by atoms with Crippen LogP contribution in [-0.4, -0.2) is 24.9 Å². The van der Waals surface area contributed by atoms with Crippen LogP contribution in [0.25, 0.3) is 0 Å². The summed E-state index contributed by atoms with van der Waals surface area (Å²) in [4.78, 5) is 12.8. The molecular formula is C8H15NO. The van der Waals surface area contributed by atoms with Gasteiger partial charge in [0.2, 0.25) is 5.91 Å². The molecular weight excluding hydrogens is 126 g/mol. The summed E-state index contributed by atoms with van der Waals surface area (Å²) < 4.78 is 0. The van der Waals surface area contributed by atoms with E-state index in [9.17, 15) is 4.79 Å². The van der Waals surface area contributed by atoms with Gasteiger partial charge in [-0.3, -0.25) is 4.79 Å². The highest BCUT2D eigenvalue weighted by atomic mass is 16.2. The van der Waals surface area contributed by atoms with Gasteiger partial charge >= 0.3 is 0 Å². The molecule has 0 aliphatic heterocycles. The molecule has 0 saturated carbocycles. The molecule has 0 rings (SSSR count). The van der Waals surface area contributed by atoms with E-state index in [0.29, 0.717) is 0 Å². The van der Waals surface area contributed by atoms with Gasteiger partial charge < -0.3 is 4.90 Å². The summed E-state index contributed by atoms with van der Waals surface area (Å²) >= 11 is 0. The molecule has 1 amide bonds. The Morgan fingerprint density at radius 3 is 2.10 bits per heavy atom. The Bertz CT molecular complexity index is 147. The SMILES string of the molecule is C/C=C(\CC)C(=O)N(C)C. The van der Waals surface area contributed by atoms with E-state index in [2.05, 4.69) is 0 Å². The van der Waals surface area contributed by atoms with E-state index in [1.165, 1.54) is 0 Å². The Kier molecular flexibility index (Phi) is 3.77. The van der Waals surface area contributed by atoms with Gasteiger partial charge in [0.15, 0.2) is 0 Å². The molecule has 0 aromatic carbocycles. The zero-order valence-corrected chi connectivity index (χ0v) is 7.14. The minimum Gasteiger partial charge on any atom is -0.345 e. The Balaban J connectivity index is 4.18. The Morgan fingerprint density at radius 2 is 2.00 bits per heavy atom. The molecule has 0 aliphatic carbocycles. The summed E-state index contributed by atoms with van der Waals surface area (Å²) in [5, 5.41) is 0. The lowest BCUT2D eigenvalue weighted by Crippen LogP contribution is -2.23. The molecule has 0 aromatic heterocycles. The molecule has 0 radical (unpaired) electrons. The van der Waals surface area contributed by atoms with Gasteiger partial charge in [0.25, 0.3) is 0 Å². The van der Waals surface area contributed by atoms with Crippen molar-refractivity contribution in [3.05, 3.63) is 11.6 Å². The number of carbonyl (C=O) groups is 1. The molecule has 58 valence electrons. The second-order valence-corrected chi connectivity index (χ2v) is 2.37. The van der Waals surface area contributed by atoms with E-state index in [4.69, 9.17) is 0 Å². The van der Waals surface area contributed by atoms with Gasteiger partial charge in [0.05, 0.1) is 0 Å². The summed E-state index contributed by atoms with van der Waals surface area (Å²) in [5.74, 6) is 0.116. The molecule has 0 fully saturated rings. The van der Waals surface area contributed by atoms with Crippen molar-refractivity contribution in [2.45, 2.75) is 20.3 Å². The van der Waals surface area contributed by atoms with E-state index >= 15 is 0 Å². The van der Waals surface area contributed by atoms with Crippen LogP contribution in [-0.2, 0) is 4.79 Å². The van der Waals surface area contributed by atoms with Crippen LogP contribution in [0.15, 0.2) is 11.6 Å². The van der Waals surface area contributed by atoms with Crippen LogP contribution < -0.4 is 0 Å². The third-order valence-corrected chi connectivity index (χ3v) is 1.41. The first-order chi connectivity index (χ1) is 4.63. The second kappa shape index (κ2) is 4.09. The van der Waals surface area contributed by atoms with Crippen molar-refractivity contribution in [3.63, 3.8) is 0 Å². The zero-order chi connectivity index (χ0) is 8.15. The monoisotopic (exact) mass is 141 g/mol. The largest absolute Gasteiger partial charge is 0.345 e. The van der Waals surface area contributed by atoms with Crippen molar-refractivity contribution >= 4 is 5.91 Å². The highest BCUT2D eigenvalue weighted by Crippen LogP contribution is 2.02. The Labute approximate surface area is 62.5 Å². The number of hydrogen-bond donors (Lipinski definition) is 0. The molecule has 2 heteroatoms. The molecule has 0 heterocycles. The van der Waals surface area contributed by atoms with Crippen molar-refractivity contribution in [2.24, 2.45) is 0 Å². The van der Waals surface area contributed by atoms with Crippen molar-refractivity contribution < 1.29 is 4.79 Å². The number of hydrogen-bond acceptors (Lipinski definition) is 1. The predicted octanol–water partition coefficient (Wildman–Crippen LogP) is 1.43. The molecule has 0 aromatic rings. The minimum atomic E-state index is 0.116. The second-order valence-electron chi connectivity index (χ2n) is 2.37. The van der Waals surface area contributed by atoms with Gasteiger partial charge in [-0.15, -0.1) is 0 Å². The zero-order valence-electron chi connectivity index (χ0n) is 7.14. The van der Waals surface area contributed by atoms with Crippen molar-refractivity contribution in [1.82, 2.24) is 4.90 Å². The van der Waals surface area contributed by atoms with Gasteiger partial charge in [-0.1, -0.05) is 13.0 Å². The van der Waals surface area contributed by atoms with E-state index in [1.807, 2.05) is 19.9 Å². The normalized spacial score (nSPS) is 11.4. The average molecular weight is 141 g/mol. The first-order valence-corrected chi connectivity index (χ1v) is 3.50. The van der Waals surface area contributed by atoms with Crippen LogP contribution in [0.3, 0.4) is 0 Å². The van der Waals surface area contributed by atoms with Gasteiger partial charge in [-0.25, -0.2) is 0 Å². The standard InChI is InChI=1S/C8H15NO/c1-5-7(6-2)8(10)9(3)4/h5H,6H2,1-4H3/b7-5+. The molecule has 0 N–H and O–H groups in total. The number of carbonyl (C=O) groups excluding carboxylic acids is 1. The van der Waals surface area contributed by atoms with Gasteiger partial charge in [0.1, 0.15) is 0 Å². The van der Waals surface area contributed by atoms with Crippen LogP contribution >= 0.6 is 0 Å². The van der Waals surface area contributed by atoms with Crippen LogP contribution in [0.2, 0.25) is 0 Å². The molecule has 2 nitrogen and oxygen atoms in total. The molecule has 10 heavy (non-hydrogen) atoms.